The highest BCUT2D eigenvalue weighted by atomic mass is 31.2. The second kappa shape index (κ2) is 22.3. The van der Waals surface area contributed by atoms with E-state index in [1.54, 1.807) is 97.1 Å². The molecule has 0 spiro atoms. The average Bonchev–Trinajstić information content (AvgIpc) is 3.44. The highest BCUT2D eigenvalue weighted by Gasteiger charge is 2.41. The molecule has 0 atom stereocenters. The Balaban J connectivity index is 1.25. The molecule has 0 aromatic heterocycles. The maximum absolute atomic E-state index is 16.0. The number of para-hydroxylation sites is 6. The van der Waals surface area contributed by atoms with Gasteiger partial charge in [-0.3, -0.25) is 0 Å². The van der Waals surface area contributed by atoms with Crippen molar-refractivity contribution in [3.05, 3.63) is 291 Å². The van der Waals surface area contributed by atoms with Gasteiger partial charge in [-0.1, -0.05) is 218 Å². The van der Waals surface area contributed by atoms with Crippen molar-refractivity contribution in [3.63, 3.8) is 0 Å². The number of hydrogen-bond acceptors (Lipinski definition) is 7. The van der Waals surface area contributed by atoms with Gasteiger partial charge in [0.2, 0.25) is 0 Å². The maximum Gasteiger partial charge on any atom is 0.562 e. The van der Waals surface area contributed by atoms with Crippen molar-refractivity contribution in [2.24, 2.45) is 9.03 Å². The smallest absolute Gasteiger partial charge is 0.456 e. The van der Waals surface area contributed by atoms with E-state index in [1.165, 1.54) is 0 Å². The molecule has 0 fully saturated rings. The predicted octanol–water partition coefficient (Wildman–Crippen LogP) is 15.0. The molecule has 10 aromatic rings. The molecule has 9 nitrogen and oxygen atoms in total. The zero-order chi connectivity index (χ0) is 49.8. The first-order valence-corrected chi connectivity index (χ1v) is 29.9. The minimum absolute atomic E-state index is 0.318. The fourth-order valence-electron chi connectivity index (χ4n) is 8.37. The largest absolute Gasteiger partial charge is 0.562 e. The van der Waals surface area contributed by atoms with Crippen LogP contribution in [0.25, 0.3) is 0 Å². The monoisotopic (exact) mass is 1030 g/mol. The summed E-state index contributed by atoms with van der Waals surface area (Å²) in [7, 11) is -16.1. The Labute approximate surface area is 426 Å². The van der Waals surface area contributed by atoms with Crippen LogP contribution in [0.1, 0.15) is 0 Å². The topological polar surface area (TPSA) is 105 Å². The number of nitrogens with zero attached hydrogens (tertiary/aromatic N) is 2. The summed E-state index contributed by atoms with van der Waals surface area (Å²) in [5, 5.41) is 4.31. The Morgan fingerprint density at radius 2 is 0.452 bits per heavy atom. The number of hydrogen-bond donors (Lipinski definition) is 0. The molecule has 0 N–H and O–H groups in total. The Kier molecular flexibility index (Phi) is 14.9. The first-order chi connectivity index (χ1) is 35.8. The summed E-state index contributed by atoms with van der Waals surface area (Å²) in [4.78, 5) is 0. The molecule has 0 heterocycles. The van der Waals surface area contributed by atoms with Gasteiger partial charge in [-0.15, -0.1) is 0 Å². The number of benzene rings is 10. The van der Waals surface area contributed by atoms with Gasteiger partial charge in [0.25, 0.3) is 0 Å². The Hall–Kier alpha value is -7.88. The van der Waals surface area contributed by atoms with E-state index < -0.39 is 29.6 Å². The highest BCUT2D eigenvalue weighted by molar-refractivity contribution is 7.91. The lowest BCUT2D eigenvalue weighted by Crippen LogP contribution is -2.28. The van der Waals surface area contributed by atoms with Crippen LogP contribution in [0, 0.1) is 0 Å². The van der Waals surface area contributed by atoms with Crippen molar-refractivity contribution in [2.45, 2.75) is 0 Å². The summed E-state index contributed by atoms with van der Waals surface area (Å²) >= 11 is 0. The molecule has 0 aliphatic heterocycles. The van der Waals surface area contributed by atoms with Crippen molar-refractivity contribution in [3.8, 4) is 34.5 Å². The van der Waals surface area contributed by atoms with E-state index in [0.717, 1.165) is 21.2 Å². The SMILES string of the molecule is O=P(N=P(c1ccccc1)(c1ccccc1)c1ccccc1Oc1ccccc1P(=NP(=O)(Oc1ccccc1)Oc1ccccc1)(c1ccccc1)c1ccccc1)(Oc1ccccc1)Oc1ccccc1. The van der Waals surface area contributed by atoms with Gasteiger partial charge in [-0.2, -0.15) is 9.03 Å². The minimum Gasteiger partial charge on any atom is -0.456 e. The summed E-state index contributed by atoms with van der Waals surface area (Å²) < 4.78 is 76.3. The Morgan fingerprint density at radius 1 is 0.247 bits per heavy atom. The number of ether oxygens (including phenoxy) is 1. The summed E-state index contributed by atoms with van der Waals surface area (Å²) in [6.45, 7) is 0. The van der Waals surface area contributed by atoms with Crippen LogP contribution in [-0.2, 0) is 9.13 Å². The molecule has 0 radical (unpaired) electrons. The van der Waals surface area contributed by atoms with E-state index in [1.807, 2.05) is 194 Å². The normalized spacial score (nSPS) is 11.7. The van der Waals surface area contributed by atoms with Gasteiger partial charge in [0.1, 0.15) is 34.5 Å². The molecule has 0 unspecified atom stereocenters. The molecule has 0 aliphatic rings. The van der Waals surface area contributed by atoms with Crippen LogP contribution in [0.5, 0.6) is 34.5 Å². The maximum atomic E-state index is 16.0. The molecule has 10 rings (SSSR count). The van der Waals surface area contributed by atoms with Crippen LogP contribution in [-0.4, -0.2) is 0 Å². The van der Waals surface area contributed by atoms with E-state index in [-0.39, 0.29) is 0 Å². The molecule has 0 amide bonds. The molecule has 0 saturated heterocycles. The van der Waals surface area contributed by atoms with Crippen LogP contribution >= 0.6 is 29.6 Å². The second-order valence-electron chi connectivity index (χ2n) is 16.4. The van der Waals surface area contributed by atoms with E-state index in [0.29, 0.717) is 45.1 Å². The van der Waals surface area contributed by atoms with Crippen molar-refractivity contribution in [2.75, 3.05) is 0 Å². The van der Waals surface area contributed by atoms with Crippen molar-refractivity contribution < 1.29 is 32.0 Å². The van der Waals surface area contributed by atoms with Crippen LogP contribution in [0.4, 0.5) is 0 Å². The van der Waals surface area contributed by atoms with Gasteiger partial charge in [0, 0.05) is 31.8 Å². The van der Waals surface area contributed by atoms with Crippen molar-refractivity contribution >= 4 is 61.4 Å². The summed E-state index contributed by atoms with van der Waals surface area (Å²) in [6, 6.07) is 90.2. The Bertz CT molecular complexity index is 3200. The molecule has 0 aliphatic carbocycles. The zero-order valence-electron chi connectivity index (χ0n) is 39.3. The fourth-order valence-corrected chi connectivity index (χ4v) is 21.2. The molecule has 10 aromatic carbocycles. The van der Waals surface area contributed by atoms with Gasteiger partial charge in [-0.05, 0) is 72.8 Å². The van der Waals surface area contributed by atoms with Crippen LogP contribution in [0.15, 0.2) is 300 Å². The number of rotatable bonds is 18. The minimum atomic E-state index is -4.53. The third-order valence-corrected chi connectivity index (χ3v) is 23.5. The highest BCUT2D eigenvalue weighted by Crippen LogP contribution is 2.64. The van der Waals surface area contributed by atoms with Gasteiger partial charge in [0.05, 0.1) is 14.1 Å². The lowest BCUT2D eigenvalue weighted by molar-refractivity contribution is 0.387. The van der Waals surface area contributed by atoms with Gasteiger partial charge in [-0.25, -0.2) is 9.13 Å². The average molecular weight is 1030 g/mol. The van der Waals surface area contributed by atoms with Crippen molar-refractivity contribution in [1.82, 2.24) is 0 Å². The molecular formula is C60H48N2O7P4. The van der Waals surface area contributed by atoms with Crippen LogP contribution in [0.3, 0.4) is 0 Å². The fraction of sp³-hybridized carbons (Fsp3) is 0. The molecule has 0 bridgehead atoms. The third-order valence-electron chi connectivity index (χ3n) is 11.5. The quantitative estimate of drug-likeness (QED) is 0.0788. The van der Waals surface area contributed by atoms with Crippen molar-refractivity contribution in [1.29, 1.82) is 0 Å². The Morgan fingerprint density at radius 3 is 0.699 bits per heavy atom. The van der Waals surface area contributed by atoms with E-state index in [2.05, 4.69) is 0 Å². The first kappa shape index (κ1) is 48.7. The summed E-state index contributed by atoms with van der Waals surface area (Å²) in [6.07, 6.45) is 0. The lowest BCUT2D eigenvalue weighted by Gasteiger charge is -2.31. The summed E-state index contributed by atoms with van der Waals surface area (Å²) in [5.41, 5.74) is 0. The molecule has 73 heavy (non-hydrogen) atoms. The second-order valence-corrected chi connectivity index (χ2v) is 26.0. The standard InChI is InChI=1S/C60H48N2O7P4/c63-72(66-49-29-9-1-10-30-49,67-50-31-11-2-12-32-50)61-70(53-37-17-5-18-38-53,54-39-19-6-20-40-54)59-47-27-25-45-57(59)65-58-46-26-28-48-60(58)71(55-41-21-7-22-42-55,56-43-23-8-24-44-56)62-73(64,68-51-33-13-3-14-34-51)69-52-35-15-4-16-36-52/h1-48H. The van der Waals surface area contributed by atoms with Crippen LogP contribution in [0.2, 0.25) is 0 Å². The third kappa shape index (κ3) is 11.0. The van der Waals surface area contributed by atoms with Gasteiger partial charge in [0.15, 0.2) is 0 Å². The van der Waals surface area contributed by atoms with Gasteiger partial charge < -0.3 is 22.8 Å². The van der Waals surface area contributed by atoms with Crippen LogP contribution < -0.4 is 54.7 Å². The summed E-state index contributed by atoms with van der Waals surface area (Å²) in [5.74, 6) is 2.10. The van der Waals surface area contributed by atoms with E-state index in [4.69, 9.17) is 31.9 Å². The van der Waals surface area contributed by atoms with E-state index >= 15 is 9.13 Å². The predicted molar refractivity (Wildman–Crippen MR) is 299 cm³/mol. The molecule has 13 heteroatoms. The lowest BCUT2D eigenvalue weighted by atomic mass is 10.3. The molecule has 0 saturated carbocycles. The van der Waals surface area contributed by atoms with Gasteiger partial charge >= 0.3 is 15.5 Å². The zero-order valence-corrected chi connectivity index (χ0v) is 42.8. The molecule has 360 valence electrons. The van der Waals surface area contributed by atoms with E-state index in [9.17, 15) is 0 Å². The first-order valence-electron chi connectivity index (χ1n) is 23.4. The molecular weight excluding hydrogens is 985 g/mol.